The maximum atomic E-state index is 11.8. The summed E-state index contributed by atoms with van der Waals surface area (Å²) in [5.74, 6) is 2.65. The monoisotopic (exact) mass is 235 g/mol. The molecule has 4 rings (SSSR count). The van der Waals surface area contributed by atoms with Crippen LogP contribution in [0.1, 0.15) is 51.4 Å². The smallest absolute Gasteiger partial charge is 0.220 e. The molecule has 0 saturated heterocycles. The van der Waals surface area contributed by atoms with E-state index in [0.717, 1.165) is 24.0 Å². The first kappa shape index (κ1) is 11.2. The molecule has 4 fully saturated rings. The van der Waals surface area contributed by atoms with Crippen LogP contribution in [0.4, 0.5) is 0 Å². The maximum Gasteiger partial charge on any atom is 0.220 e. The fourth-order valence-corrected chi connectivity index (χ4v) is 4.81. The topological polar surface area (TPSA) is 46.2 Å². The molecule has 0 aromatic heterocycles. The lowest BCUT2D eigenvalue weighted by atomic mass is 9.53. The summed E-state index contributed by atoms with van der Waals surface area (Å²) in [6.45, 7) is 0. The summed E-state index contributed by atoms with van der Waals surface area (Å²) in [6, 6.07) is 0. The van der Waals surface area contributed by atoms with Crippen LogP contribution in [-0.2, 0) is 9.59 Å². The Morgan fingerprint density at radius 1 is 1.12 bits per heavy atom. The van der Waals surface area contributed by atoms with Gasteiger partial charge in [0.2, 0.25) is 5.91 Å². The molecular formula is C14H21NO2. The first-order chi connectivity index (χ1) is 8.19. The molecule has 0 radical (unpaired) electrons. The largest absolute Gasteiger partial charge is 0.351 e. The van der Waals surface area contributed by atoms with Gasteiger partial charge < -0.3 is 10.1 Å². The average molecular weight is 235 g/mol. The molecule has 3 nitrogen and oxygen atoms in total. The van der Waals surface area contributed by atoms with Crippen molar-refractivity contribution in [2.45, 2.75) is 56.9 Å². The van der Waals surface area contributed by atoms with Gasteiger partial charge in [0.1, 0.15) is 6.29 Å². The molecule has 3 heteroatoms. The van der Waals surface area contributed by atoms with E-state index in [0.29, 0.717) is 12.8 Å². The summed E-state index contributed by atoms with van der Waals surface area (Å²) in [5.41, 5.74) is 0.106. The van der Waals surface area contributed by atoms with Crippen molar-refractivity contribution >= 4 is 12.2 Å². The fraction of sp³-hybridized carbons (Fsp3) is 0.857. The Labute approximate surface area is 102 Å². The second-order valence-corrected chi connectivity index (χ2v) is 6.45. The molecule has 1 N–H and O–H groups in total. The lowest BCUT2D eigenvalue weighted by Crippen LogP contribution is -2.59. The first-order valence-electron chi connectivity index (χ1n) is 6.94. The highest BCUT2D eigenvalue weighted by atomic mass is 16.2. The molecule has 0 aromatic rings. The standard InChI is InChI=1S/C14H21NO2/c16-3-1-2-13(17)15-14-7-10-4-11(8-14)6-12(5-10)9-14/h3,10-12H,1-2,4-9H2,(H,15,17). The maximum absolute atomic E-state index is 11.8. The molecule has 0 atom stereocenters. The minimum absolute atomic E-state index is 0.0825. The van der Waals surface area contributed by atoms with E-state index in [9.17, 15) is 9.59 Å². The molecule has 17 heavy (non-hydrogen) atoms. The van der Waals surface area contributed by atoms with Crippen LogP contribution in [0.15, 0.2) is 0 Å². The predicted octanol–water partition coefficient (Wildman–Crippen LogP) is 2.05. The van der Waals surface area contributed by atoms with Crippen molar-refractivity contribution in [3.63, 3.8) is 0 Å². The average Bonchev–Trinajstić information content (AvgIpc) is 2.23. The van der Waals surface area contributed by atoms with Gasteiger partial charge in [-0.05, 0) is 56.3 Å². The Bertz CT molecular complexity index is 302. The van der Waals surface area contributed by atoms with Crippen LogP contribution in [0, 0.1) is 17.8 Å². The molecule has 4 aliphatic carbocycles. The third-order valence-corrected chi connectivity index (χ3v) is 4.93. The van der Waals surface area contributed by atoms with Gasteiger partial charge in [0.05, 0.1) is 0 Å². The van der Waals surface area contributed by atoms with Gasteiger partial charge in [0, 0.05) is 18.4 Å². The predicted molar refractivity (Wildman–Crippen MR) is 64.3 cm³/mol. The van der Waals surface area contributed by atoms with Crippen molar-refractivity contribution in [3.8, 4) is 0 Å². The number of carbonyl (C=O) groups excluding carboxylic acids is 2. The number of hydrogen-bond donors (Lipinski definition) is 1. The van der Waals surface area contributed by atoms with Crippen molar-refractivity contribution in [2.24, 2.45) is 17.8 Å². The van der Waals surface area contributed by atoms with Gasteiger partial charge in [-0.1, -0.05) is 0 Å². The van der Waals surface area contributed by atoms with Crippen LogP contribution in [0.2, 0.25) is 0 Å². The second-order valence-electron chi connectivity index (χ2n) is 6.45. The van der Waals surface area contributed by atoms with Crippen molar-refractivity contribution in [1.82, 2.24) is 5.32 Å². The Morgan fingerprint density at radius 3 is 2.12 bits per heavy atom. The quantitative estimate of drug-likeness (QED) is 0.758. The summed E-state index contributed by atoms with van der Waals surface area (Å²) in [7, 11) is 0. The van der Waals surface area contributed by atoms with Gasteiger partial charge in [0.15, 0.2) is 0 Å². The van der Waals surface area contributed by atoms with E-state index in [-0.39, 0.29) is 11.4 Å². The van der Waals surface area contributed by atoms with E-state index in [1.165, 1.54) is 38.5 Å². The van der Waals surface area contributed by atoms with Crippen molar-refractivity contribution in [3.05, 3.63) is 0 Å². The molecule has 1 amide bonds. The van der Waals surface area contributed by atoms with Gasteiger partial charge in [-0.3, -0.25) is 4.79 Å². The van der Waals surface area contributed by atoms with E-state index in [4.69, 9.17) is 0 Å². The molecule has 0 spiro atoms. The molecule has 0 unspecified atom stereocenters. The highest BCUT2D eigenvalue weighted by molar-refractivity contribution is 5.78. The van der Waals surface area contributed by atoms with Gasteiger partial charge in [-0.15, -0.1) is 0 Å². The Morgan fingerprint density at radius 2 is 1.65 bits per heavy atom. The summed E-state index contributed by atoms with van der Waals surface area (Å²) >= 11 is 0. The van der Waals surface area contributed by atoms with Crippen molar-refractivity contribution in [1.29, 1.82) is 0 Å². The van der Waals surface area contributed by atoms with Crippen LogP contribution in [-0.4, -0.2) is 17.7 Å². The Balaban J connectivity index is 1.65. The van der Waals surface area contributed by atoms with E-state index in [2.05, 4.69) is 5.32 Å². The molecule has 4 saturated carbocycles. The summed E-state index contributed by atoms with van der Waals surface area (Å²) < 4.78 is 0. The van der Waals surface area contributed by atoms with Crippen molar-refractivity contribution < 1.29 is 9.59 Å². The number of carbonyl (C=O) groups is 2. The van der Waals surface area contributed by atoms with Crippen LogP contribution < -0.4 is 5.32 Å². The second kappa shape index (κ2) is 4.11. The minimum Gasteiger partial charge on any atom is -0.351 e. The van der Waals surface area contributed by atoms with E-state index < -0.39 is 0 Å². The molecule has 0 heterocycles. The molecule has 4 aliphatic rings. The molecule has 94 valence electrons. The zero-order valence-electron chi connectivity index (χ0n) is 10.3. The van der Waals surface area contributed by atoms with Gasteiger partial charge in [-0.25, -0.2) is 0 Å². The van der Waals surface area contributed by atoms with E-state index in [1.54, 1.807) is 0 Å². The van der Waals surface area contributed by atoms with E-state index in [1.807, 2.05) is 0 Å². The third kappa shape index (κ3) is 2.12. The number of nitrogens with one attached hydrogen (secondary N) is 1. The van der Waals surface area contributed by atoms with E-state index >= 15 is 0 Å². The minimum atomic E-state index is 0.0825. The Kier molecular flexibility index (Phi) is 2.72. The van der Waals surface area contributed by atoms with Crippen LogP contribution >= 0.6 is 0 Å². The van der Waals surface area contributed by atoms with Crippen LogP contribution in [0.25, 0.3) is 0 Å². The molecular weight excluding hydrogens is 214 g/mol. The molecule has 0 aromatic carbocycles. The number of rotatable bonds is 4. The number of hydrogen-bond acceptors (Lipinski definition) is 2. The Hall–Kier alpha value is -0.860. The lowest BCUT2D eigenvalue weighted by Gasteiger charge is -2.56. The molecule has 4 bridgehead atoms. The summed E-state index contributed by atoms with van der Waals surface area (Å²) in [4.78, 5) is 22.1. The number of aldehydes is 1. The summed E-state index contributed by atoms with van der Waals surface area (Å²) in [5, 5.41) is 3.26. The zero-order chi connectivity index (χ0) is 11.9. The van der Waals surface area contributed by atoms with Crippen molar-refractivity contribution in [2.75, 3.05) is 0 Å². The zero-order valence-corrected chi connectivity index (χ0v) is 10.3. The summed E-state index contributed by atoms with van der Waals surface area (Å²) in [6.07, 6.45) is 9.29. The normalized spacial score (nSPS) is 42.5. The molecule has 0 aliphatic heterocycles. The highest BCUT2D eigenvalue weighted by Crippen LogP contribution is 2.55. The third-order valence-electron chi connectivity index (χ3n) is 4.93. The highest BCUT2D eigenvalue weighted by Gasteiger charge is 2.51. The van der Waals surface area contributed by atoms with Crippen LogP contribution in [0.5, 0.6) is 0 Å². The fourth-order valence-electron chi connectivity index (χ4n) is 4.81. The lowest BCUT2D eigenvalue weighted by molar-refractivity contribution is -0.127. The van der Waals surface area contributed by atoms with Gasteiger partial charge >= 0.3 is 0 Å². The number of amides is 1. The first-order valence-corrected chi connectivity index (χ1v) is 6.94. The van der Waals surface area contributed by atoms with Gasteiger partial charge in [0.25, 0.3) is 0 Å². The van der Waals surface area contributed by atoms with Gasteiger partial charge in [-0.2, -0.15) is 0 Å². The van der Waals surface area contributed by atoms with Crippen LogP contribution in [0.3, 0.4) is 0 Å². The SMILES string of the molecule is O=CCCC(=O)NC12CC3CC(CC(C3)C1)C2.